The van der Waals surface area contributed by atoms with E-state index in [4.69, 9.17) is 9.47 Å². The fraction of sp³-hybridized carbons (Fsp3) is 0.619. The highest BCUT2D eigenvalue weighted by molar-refractivity contribution is 5.21. The van der Waals surface area contributed by atoms with E-state index in [1.807, 2.05) is 6.42 Å². The average molecular weight is 316 g/mol. The molecule has 0 bridgehead atoms. The van der Waals surface area contributed by atoms with Crippen LogP contribution in [0.1, 0.15) is 49.7 Å². The lowest BCUT2D eigenvalue weighted by atomic mass is 9.83. The summed E-state index contributed by atoms with van der Waals surface area (Å²) in [6, 6.07) is 8.99. The number of unbranched alkanes of at least 4 members (excludes halogenated alkanes) is 1. The Morgan fingerprint density at radius 3 is 2.48 bits per heavy atom. The smallest absolute Gasteiger partial charge is 0.0704 e. The van der Waals surface area contributed by atoms with Gasteiger partial charge in [-0.2, -0.15) is 0 Å². The standard InChI is InChI=1S/C21H32O2/c1-3-4-15-22-16-17-23-21-13-11-20(12-14-21)10-9-19-7-5-18(2)6-8-19/h3,5-8,20-21H,1,4,9-17H2,2H3. The summed E-state index contributed by atoms with van der Waals surface area (Å²) >= 11 is 0. The van der Waals surface area contributed by atoms with E-state index in [0.29, 0.717) is 12.7 Å². The van der Waals surface area contributed by atoms with Crippen LogP contribution in [0.5, 0.6) is 0 Å². The van der Waals surface area contributed by atoms with Crippen molar-refractivity contribution in [1.29, 1.82) is 0 Å². The Hall–Kier alpha value is -0.990. The van der Waals surface area contributed by atoms with Crippen LogP contribution in [-0.2, 0) is 15.9 Å². The quantitative estimate of drug-likeness (QED) is 0.449. The maximum Gasteiger partial charge on any atom is 0.0704 e. The molecule has 128 valence electrons. The summed E-state index contributed by atoms with van der Waals surface area (Å²) in [7, 11) is 0. The molecule has 2 heteroatoms. The minimum Gasteiger partial charge on any atom is -0.382 e. The molecular weight excluding hydrogens is 284 g/mol. The summed E-state index contributed by atoms with van der Waals surface area (Å²) in [6.07, 6.45) is 10.9. The molecule has 2 rings (SSSR count). The summed E-state index contributed by atoms with van der Waals surface area (Å²) in [5, 5.41) is 0. The molecule has 0 N–H and O–H groups in total. The van der Waals surface area contributed by atoms with Crippen LogP contribution in [0.25, 0.3) is 0 Å². The van der Waals surface area contributed by atoms with Crippen LogP contribution in [-0.4, -0.2) is 25.9 Å². The van der Waals surface area contributed by atoms with E-state index in [1.54, 1.807) is 0 Å². The lowest BCUT2D eigenvalue weighted by molar-refractivity contribution is -0.0163. The highest BCUT2D eigenvalue weighted by atomic mass is 16.5. The Morgan fingerprint density at radius 2 is 1.78 bits per heavy atom. The van der Waals surface area contributed by atoms with Crippen LogP contribution in [0.15, 0.2) is 24.3 Å². The van der Waals surface area contributed by atoms with Crippen molar-refractivity contribution in [2.75, 3.05) is 19.8 Å². The molecule has 0 radical (unpaired) electrons. The third kappa shape index (κ3) is 7.41. The first-order valence-corrected chi connectivity index (χ1v) is 9.13. The third-order valence-corrected chi connectivity index (χ3v) is 4.80. The van der Waals surface area contributed by atoms with Gasteiger partial charge in [0.2, 0.25) is 0 Å². The SMILES string of the molecule is [CH2+][CH-]CCOCCOC1CCC(CCc2ccc(C)cc2)CC1. The number of aryl methyl sites for hydroxylation is 2. The highest BCUT2D eigenvalue weighted by Crippen LogP contribution is 2.29. The van der Waals surface area contributed by atoms with Crippen LogP contribution >= 0.6 is 0 Å². The van der Waals surface area contributed by atoms with Gasteiger partial charge in [0, 0.05) is 6.61 Å². The minimum atomic E-state index is 0.452. The molecule has 0 aromatic heterocycles. The molecule has 1 aliphatic carbocycles. The zero-order chi connectivity index (χ0) is 16.3. The van der Waals surface area contributed by atoms with Gasteiger partial charge >= 0.3 is 0 Å². The predicted molar refractivity (Wildman–Crippen MR) is 96.3 cm³/mol. The van der Waals surface area contributed by atoms with Gasteiger partial charge in [-0.15, -0.1) is 12.8 Å². The van der Waals surface area contributed by atoms with Gasteiger partial charge in [-0.3, -0.25) is 0 Å². The largest absolute Gasteiger partial charge is 0.382 e. The Bertz CT molecular complexity index is 404. The Labute approximate surface area is 142 Å². The number of rotatable bonds is 10. The average Bonchev–Trinajstić information content (AvgIpc) is 2.58. The molecule has 1 aliphatic rings. The minimum absolute atomic E-state index is 0.452. The molecule has 0 aliphatic heterocycles. The zero-order valence-corrected chi connectivity index (χ0v) is 14.6. The van der Waals surface area contributed by atoms with Gasteiger partial charge in [0.15, 0.2) is 0 Å². The second-order valence-corrected chi connectivity index (χ2v) is 6.73. The number of ether oxygens (including phenoxy) is 2. The van der Waals surface area contributed by atoms with Crippen molar-refractivity contribution in [2.24, 2.45) is 5.92 Å². The van der Waals surface area contributed by atoms with E-state index in [0.717, 1.165) is 25.6 Å². The molecule has 0 atom stereocenters. The Kier molecular flexibility index (Phi) is 8.55. The Balaban J connectivity index is 1.52. The topological polar surface area (TPSA) is 18.5 Å². The van der Waals surface area contributed by atoms with Gasteiger partial charge in [0.1, 0.15) is 0 Å². The molecule has 0 unspecified atom stereocenters. The van der Waals surface area contributed by atoms with Crippen molar-refractivity contribution >= 4 is 0 Å². The molecule has 2 nitrogen and oxygen atoms in total. The zero-order valence-electron chi connectivity index (χ0n) is 14.6. The van der Waals surface area contributed by atoms with E-state index in [-0.39, 0.29) is 0 Å². The van der Waals surface area contributed by atoms with Crippen LogP contribution in [0.3, 0.4) is 0 Å². The van der Waals surface area contributed by atoms with Crippen molar-refractivity contribution in [3.05, 3.63) is 48.7 Å². The molecule has 0 amide bonds. The molecule has 0 saturated heterocycles. The molecule has 1 saturated carbocycles. The molecular formula is C21H32O2. The van der Waals surface area contributed by atoms with Crippen LogP contribution < -0.4 is 0 Å². The van der Waals surface area contributed by atoms with E-state index >= 15 is 0 Å². The normalized spacial score (nSPS) is 21.4. The summed E-state index contributed by atoms with van der Waals surface area (Å²) < 4.78 is 11.4. The predicted octanol–water partition coefficient (Wildman–Crippen LogP) is 4.95. The van der Waals surface area contributed by atoms with Crippen LogP contribution in [0.2, 0.25) is 0 Å². The first-order valence-electron chi connectivity index (χ1n) is 9.13. The lowest BCUT2D eigenvalue weighted by Crippen LogP contribution is -2.23. The molecule has 1 aromatic rings. The molecule has 1 fully saturated rings. The van der Waals surface area contributed by atoms with Crippen molar-refractivity contribution in [3.8, 4) is 0 Å². The van der Waals surface area contributed by atoms with Crippen molar-refractivity contribution in [2.45, 2.75) is 58.0 Å². The van der Waals surface area contributed by atoms with Crippen LogP contribution in [0.4, 0.5) is 0 Å². The number of hydrogen-bond donors (Lipinski definition) is 0. The summed E-state index contributed by atoms with van der Waals surface area (Å²) in [4.78, 5) is 0. The molecule has 0 heterocycles. The summed E-state index contributed by atoms with van der Waals surface area (Å²) in [6.45, 7) is 8.04. The van der Waals surface area contributed by atoms with Gasteiger partial charge in [0.05, 0.1) is 19.3 Å². The first-order chi connectivity index (χ1) is 11.3. The van der Waals surface area contributed by atoms with Gasteiger partial charge in [0.25, 0.3) is 0 Å². The third-order valence-electron chi connectivity index (χ3n) is 4.80. The van der Waals surface area contributed by atoms with Crippen LogP contribution in [0, 0.1) is 26.2 Å². The lowest BCUT2D eigenvalue weighted by Gasteiger charge is -2.28. The van der Waals surface area contributed by atoms with Gasteiger partial charge in [-0.25, -0.2) is 0 Å². The van der Waals surface area contributed by atoms with Gasteiger partial charge < -0.3 is 9.47 Å². The van der Waals surface area contributed by atoms with Gasteiger partial charge in [-0.05, 0) is 56.9 Å². The van der Waals surface area contributed by atoms with Crippen molar-refractivity contribution in [1.82, 2.24) is 0 Å². The first kappa shape index (κ1) is 18.4. The second kappa shape index (κ2) is 10.7. The molecule has 0 spiro atoms. The fourth-order valence-corrected chi connectivity index (χ4v) is 3.26. The highest BCUT2D eigenvalue weighted by Gasteiger charge is 2.21. The van der Waals surface area contributed by atoms with Crippen molar-refractivity contribution < 1.29 is 9.47 Å². The monoisotopic (exact) mass is 316 g/mol. The molecule has 23 heavy (non-hydrogen) atoms. The van der Waals surface area contributed by atoms with E-state index in [9.17, 15) is 0 Å². The number of hydrogen-bond acceptors (Lipinski definition) is 2. The van der Waals surface area contributed by atoms with E-state index in [1.165, 1.54) is 49.7 Å². The Morgan fingerprint density at radius 1 is 1.04 bits per heavy atom. The maximum absolute atomic E-state index is 5.94. The van der Waals surface area contributed by atoms with Crippen molar-refractivity contribution in [3.63, 3.8) is 0 Å². The summed E-state index contributed by atoms with van der Waals surface area (Å²) in [5.41, 5.74) is 2.82. The van der Waals surface area contributed by atoms with E-state index in [2.05, 4.69) is 38.1 Å². The maximum atomic E-state index is 5.94. The van der Waals surface area contributed by atoms with E-state index < -0.39 is 0 Å². The fourth-order valence-electron chi connectivity index (χ4n) is 3.26. The van der Waals surface area contributed by atoms with Gasteiger partial charge in [-0.1, -0.05) is 36.8 Å². The second-order valence-electron chi connectivity index (χ2n) is 6.73. The number of benzene rings is 1. The molecule has 1 aromatic carbocycles. The summed E-state index contributed by atoms with van der Waals surface area (Å²) in [5.74, 6) is 0.875.